The van der Waals surface area contributed by atoms with Gasteiger partial charge in [0.15, 0.2) is 0 Å². The van der Waals surface area contributed by atoms with E-state index in [1.807, 2.05) is 25.7 Å². The van der Waals surface area contributed by atoms with Gasteiger partial charge in [-0.2, -0.15) is 0 Å². The van der Waals surface area contributed by atoms with Crippen LogP contribution in [0.1, 0.15) is 48.2 Å². The minimum atomic E-state index is -0.0571. The van der Waals surface area contributed by atoms with Gasteiger partial charge >= 0.3 is 0 Å². The molecule has 0 aromatic carbocycles. The van der Waals surface area contributed by atoms with Gasteiger partial charge in [-0.3, -0.25) is 9.59 Å². The normalized spacial score (nSPS) is 22.3. The molecule has 0 bridgehead atoms. The lowest BCUT2D eigenvalue weighted by Crippen LogP contribution is -2.41. The maximum absolute atomic E-state index is 12.6. The number of carbonyl (C=O) groups is 2. The quantitative estimate of drug-likeness (QED) is 0.898. The summed E-state index contributed by atoms with van der Waals surface area (Å²) < 4.78 is 5.28. The highest BCUT2D eigenvalue weighted by Crippen LogP contribution is 2.28. The number of aromatic nitrogens is 2. The minimum Gasteiger partial charge on any atom is -0.378 e. The molecule has 0 unspecified atom stereocenters. The number of H-pyrrole nitrogens is 1. The number of imidazole rings is 1. The molecule has 3 heterocycles. The molecule has 2 aliphatic heterocycles. The largest absolute Gasteiger partial charge is 0.378 e. The van der Waals surface area contributed by atoms with Crippen LogP contribution in [-0.2, 0) is 9.53 Å². The first-order valence-corrected chi connectivity index (χ1v) is 8.20. The first-order chi connectivity index (χ1) is 11.0. The lowest BCUT2D eigenvalue weighted by Gasteiger charge is -2.26. The van der Waals surface area contributed by atoms with Gasteiger partial charge in [0, 0.05) is 43.7 Å². The molecular formula is C16H24N4O3. The Morgan fingerprint density at radius 3 is 2.65 bits per heavy atom. The molecule has 1 aromatic rings. The summed E-state index contributed by atoms with van der Waals surface area (Å²) >= 11 is 0. The van der Waals surface area contributed by atoms with Crippen LogP contribution in [0, 0.1) is 6.92 Å². The van der Waals surface area contributed by atoms with E-state index in [-0.39, 0.29) is 23.8 Å². The second kappa shape index (κ2) is 6.31. The van der Waals surface area contributed by atoms with Crippen molar-refractivity contribution in [1.29, 1.82) is 0 Å². The predicted molar refractivity (Wildman–Crippen MR) is 84.3 cm³/mol. The van der Waals surface area contributed by atoms with Crippen molar-refractivity contribution in [3.63, 3.8) is 0 Å². The Bertz CT molecular complexity index is 604. The predicted octanol–water partition coefficient (Wildman–Crippen LogP) is 0.915. The van der Waals surface area contributed by atoms with Gasteiger partial charge in [-0.1, -0.05) is 0 Å². The fraction of sp³-hybridized carbons (Fsp3) is 0.688. The molecule has 3 rings (SSSR count). The minimum absolute atomic E-state index is 0.0369. The molecule has 2 fully saturated rings. The lowest BCUT2D eigenvalue weighted by atomic mass is 10.1. The first kappa shape index (κ1) is 16.0. The van der Waals surface area contributed by atoms with E-state index in [0.29, 0.717) is 45.0 Å². The molecule has 0 saturated carbocycles. The van der Waals surface area contributed by atoms with E-state index in [1.54, 1.807) is 4.90 Å². The number of amides is 2. The summed E-state index contributed by atoms with van der Waals surface area (Å²) in [5.74, 6) is 0.879. The average molecular weight is 320 g/mol. The Hall–Kier alpha value is -1.89. The molecule has 0 spiro atoms. The van der Waals surface area contributed by atoms with E-state index < -0.39 is 0 Å². The number of nitrogens with zero attached hydrogens (tertiary/aromatic N) is 3. The summed E-state index contributed by atoms with van der Waals surface area (Å²) in [5.41, 5.74) is 1.24. The second-order valence-electron chi connectivity index (χ2n) is 6.54. The summed E-state index contributed by atoms with van der Waals surface area (Å²) in [4.78, 5) is 36.1. The first-order valence-electron chi connectivity index (χ1n) is 8.20. The summed E-state index contributed by atoms with van der Waals surface area (Å²) in [6.45, 7) is 8.90. The third kappa shape index (κ3) is 3.10. The Morgan fingerprint density at radius 1 is 1.35 bits per heavy atom. The molecular weight excluding hydrogens is 296 g/mol. The van der Waals surface area contributed by atoms with Crippen LogP contribution in [-0.4, -0.2) is 70.5 Å². The highest BCUT2D eigenvalue weighted by Gasteiger charge is 2.35. The number of aryl methyl sites for hydroxylation is 1. The fourth-order valence-electron chi connectivity index (χ4n) is 3.22. The van der Waals surface area contributed by atoms with Crippen LogP contribution in [0.15, 0.2) is 0 Å². The number of aromatic amines is 1. The van der Waals surface area contributed by atoms with Gasteiger partial charge in [0.1, 0.15) is 11.5 Å². The van der Waals surface area contributed by atoms with Crippen molar-refractivity contribution in [2.75, 3.05) is 32.8 Å². The van der Waals surface area contributed by atoms with Gasteiger partial charge in [-0.05, 0) is 20.8 Å². The number of hydrogen-bond donors (Lipinski definition) is 1. The van der Waals surface area contributed by atoms with Crippen LogP contribution >= 0.6 is 0 Å². The van der Waals surface area contributed by atoms with Crippen LogP contribution in [0.3, 0.4) is 0 Å². The van der Waals surface area contributed by atoms with Crippen molar-refractivity contribution in [3.05, 3.63) is 17.2 Å². The highest BCUT2D eigenvalue weighted by atomic mass is 16.5. The van der Waals surface area contributed by atoms with Gasteiger partial charge in [0.2, 0.25) is 5.91 Å². The van der Waals surface area contributed by atoms with Gasteiger partial charge in [0.05, 0.1) is 13.2 Å². The van der Waals surface area contributed by atoms with Crippen molar-refractivity contribution >= 4 is 11.8 Å². The van der Waals surface area contributed by atoms with Crippen LogP contribution in [0.2, 0.25) is 0 Å². The molecule has 2 saturated heterocycles. The summed E-state index contributed by atoms with van der Waals surface area (Å²) in [6.07, 6.45) is 0.455. The van der Waals surface area contributed by atoms with Crippen molar-refractivity contribution in [2.45, 2.75) is 39.2 Å². The second-order valence-corrected chi connectivity index (χ2v) is 6.54. The van der Waals surface area contributed by atoms with Crippen LogP contribution in [0.25, 0.3) is 0 Å². The fourth-order valence-corrected chi connectivity index (χ4v) is 3.22. The van der Waals surface area contributed by atoms with E-state index in [2.05, 4.69) is 9.97 Å². The van der Waals surface area contributed by atoms with Crippen LogP contribution < -0.4 is 0 Å². The van der Waals surface area contributed by atoms with Gasteiger partial charge in [-0.15, -0.1) is 0 Å². The molecule has 1 aromatic heterocycles. The number of likely N-dealkylation sites (tertiary alicyclic amines) is 1. The van der Waals surface area contributed by atoms with Crippen molar-refractivity contribution in [3.8, 4) is 0 Å². The van der Waals surface area contributed by atoms with Crippen molar-refractivity contribution in [1.82, 2.24) is 19.8 Å². The monoisotopic (exact) mass is 320 g/mol. The van der Waals surface area contributed by atoms with Crippen LogP contribution in [0.4, 0.5) is 0 Å². The Labute approximate surface area is 136 Å². The maximum atomic E-state index is 12.6. The highest BCUT2D eigenvalue weighted by molar-refractivity contribution is 5.93. The smallest absolute Gasteiger partial charge is 0.274 e. The lowest BCUT2D eigenvalue weighted by molar-refractivity contribution is -0.129. The van der Waals surface area contributed by atoms with Crippen LogP contribution in [0.5, 0.6) is 0 Å². The topological polar surface area (TPSA) is 78.5 Å². The standard InChI is InChI=1S/C16H24N4O3/c1-10(2)20-9-12(8-13(20)21)15-17-11(3)14(18-15)16(22)19-4-6-23-7-5-19/h10,12H,4-9H2,1-3H3,(H,17,18)/t12-/m0/s1. The molecule has 2 amide bonds. The molecule has 126 valence electrons. The Balaban J connectivity index is 1.76. The van der Waals surface area contributed by atoms with Gasteiger partial charge in [-0.25, -0.2) is 4.98 Å². The molecule has 1 N–H and O–H groups in total. The molecule has 1 atom stereocenters. The summed E-state index contributed by atoms with van der Waals surface area (Å²) in [7, 11) is 0. The third-order valence-electron chi connectivity index (χ3n) is 4.57. The maximum Gasteiger partial charge on any atom is 0.274 e. The molecule has 7 nitrogen and oxygen atoms in total. The number of rotatable bonds is 3. The zero-order chi connectivity index (χ0) is 16.6. The van der Waals surface area contributed by atoms with Crippen molar-refractivity contribution < 1.29 is 14.3 Å². The summed E-state index contributed by atoms with van der Waals surface area (Å²) in [5, 5.41) is 0. The number of hydrogen-bond acceptors (Lipinski definition) is 4. The van der Waals surface area contributed by atoms with E-state index in [0.717, 1.165) is 11.5 Å². The molecule has 0 radical (unpaired) electrons. The average Bonchev–Trinajstić information content (AvgIpc) is 3.10. The number of nitrogens with one attached hydrogen (secondary N) is 1. The van der Waals surface area contributed by atoms with E-state index in [1.165, 1.54) is 0 Å². The Kier molecular flexibility index (Phi) is 4.39. The summed E-state index contributed by atoms with van der Waals surface area (Å²) in [6, 6.07) is 0.193. The van der Waals surface area contributed by atoms with Gasteiger partial charge < -0.3 is 19.5 Å². The number of ether oxygens (including phenoxy) is 1. The SMILES string of the molecule is Cc1[nH]c([C@H]2CC(=O)N(C(C)C)C2)nc1C(=O)N1CCOCC1. The zero-order valence-electron chi connectivity index (χ0n) is 14.0. The van der Waals surface area contributed by atoms with Gasteiger partial charge in [0.25, 0.3) is 5.91 Å². The number of carbonyl (C=O) groups excluding carboxylic acids is 2. The van der Waals surface area contributed by atoms with E-state index in [9.17, 15) is 9.59 Å². The number of morpholine rings is 1. The molecule has 0 aliphatic carbocycles. The zero-order valence-corrected chi connectivity index (χ0v) is 14.0. The van der Waals surface area contributed by atoms with Crippen molar-refractivity contribution in [2.24, 2.45) is 0 Å². The third-order valence-corrected chi connectivity index (χ3v) is 4.57. The Morgan fingerprint density at radius 2 is 2.04 bits per heavy atom. The molecule has 7 heteroatoms. The molecule has 23 heavy (non-hydrogen) atoms. The molecule has 2 aliphatic rings. The van der Waals surface area contributed by atoms with E-state index >= 15 is 0 Å². The van der Waals surface area contributed by atoms with E-state index in [4.69, 9.17) is 4.74 Å².